The molecule has 0 saturated heterocycles. The molecule has 3 aromatic carbocycles. The van der Waals surface area contributed by atoms with Gasteiger partial charge in [0.1, 0.15) is 37.6 Å². The average Bonchev–Trinajstić information content (AvgIpc) is 3.30. The summed E-state index contributed by atoms with van der Waals surface area (Å²) in [6, 6.07) is 22.9. The lowest BCUT2D eigenvalue weighted by molar-refractivity contribution is -0.178. The molecule has 0 radical (unpaired) electrons. The van der Waals surface area contributed by atoms with Gasteiger partial charge in [-0.1, -0.05) is 107 Å². The normalized spacial score (nSPS) is 10.9. The van der Waals surface area contributed by atoms with Gasteiger partial charge >= 0.3 is 35.8 Å². The molecule has 3 aromatic rings. The van der Waals surface area contributed by atoms with Crippen molar-refractivity contribution in [1.29, 1.82) is 0 Å². The third-order valence-electron chi connectivity index (χ3n) is 10.4. The lowest BCUT2D eigenvalue weighted by atomic mass is 9.91. The SMILES string of the molecule is C=C(C)C(=O)OCCCc1cc(-c2ccc(CCc3ccc(CCCCCCCC)cc3)cc2)ccc1OCC(COC(=O)C(=C)C)(COC(=O)C(=O)OCC)COC(=O)C(=O)OCC. The van der Waals surface area contributed by atoms with E-state index in [-0.39, 0.29) is 31.0 Å². The molecular formula is C52H66O13. The van der Waals surface area contributed by atoms with Crippen LogP contribution in [0.2, 0.25) is 0 Å². The van der Waals surface area contributed by atoms with E-state index in [4.69, 9.17) is 33.2 Å². The van der Waals surface area contributed by atoms with Crippen LogP contribution >= 0.6 is 0 Å². The van der Waals surface area contributed by atoms with Crippen molar-refractivity contribution in [3.63, 3.8) is 0 Å². The monoisotopic (exact) mass is 898 g/mol. The van der Waals surface area contributed by atoms with Gasteiger partial charge in [-0.15, -0.1) is 0 Å². The molecule has 0 amide bonds. The summed E-state index contributed by atoms with van der Waals surface area (Å²) < 4.78 is 37.3. The minimum atomic E-state index is -1.67. The van der Waals surface area contributed by atoms with E-state index >= 15 is 0 Å². The van der Waals surface area contributed by atoms with Crippen molar-refractivity contribution < 1.29 is 61.9 Å². The maximum atomic E-state index is 12.6. The van der Waals surface area contributed by atoms with E-state index in [0.717, 1.165) is 30.4 Å². The Hall–Kier alpha value is -6.24. The van der Waals surface area contributed by atoms with Gasteiger partial charge in [0.2, 0.25) is 0 Å². The summed E-state index contributed by atoms with van der Waals surface area (Å²) in [5.41, 5.74) is 5.06. The van der Waals surface area contributed by atoms with Crippen LogP contribution in [0.15, 0.2) is 91.0 Å². The van der Waals surface area contributed by atoms with Crippen molar-refractivity contribution in [2.24, 2.45) is 5.41 Å². The Morgan fingerprint density at radius 2 is 0.908 bits per heavy atom. The minimum absolute atomic E-state index is 0.0498. The van der Waals surface area contributed by atoms with Gasteiger partial charge in [-0.3, -0.25) is 0 Å². The van der Waals surface area contributed by atoms with Gasteiger partial charge in [-0.25, -0.2) is 28.8 Å². The molecule has 0 aromatic heterocycles. The Balaban J connectivity index is 1.87. The molecule has 0 spiro atoms. The van der Waals surface area contributed by atoms with Crippen molar-refractivity contribution >= 4 is 35.8 Å². The molecule has 0 aliphatic rings. The number of carbonyl (C=O) groups excluding carboxylic acids is 6. The van der Waals surface area contributed by atoms with Crippen molar-refractivity contribution in [2.75, 3.05) is 46.2 Å². The zero-order valence-corrected chi connectivity index (χ0v) is 38.8. The highest BCUT2D eigenvalue weighted by Crippen LogP contribution is 2.31. The summed E-state index contributed by atoms with van der Waals surface area (Å²) in [4.78, 5) is 74.3. The van der Waals surface area contributed by atoms with Crippen molar-refractivity contribution in [3.05, 3.63) is 113 Å². The number of rotatable bonds is 28. The highest BCUT2D eigenvalue weighted by atomic mass is 16.6. The molecule has 0 N–H and O–H groups in total. The highest BCUT2D eigenvalue weighted by Gasteiger charge is 2.39. The Labute approximate surface area is 383 Å². The van der Waals surface area contributed by atoms with Crippen LogP contribution in [0, 0.1) is 5.41 Å². The van der Waals surface area contributed by atoms with Gasteiger partial charge < -0.3 is 33.2 Å². The smallest absolute Gasteiger partial charge is 0.417 e. The molecule has 13 nitrogen and oxygen atoms in total. The average molecular weight is 899 g/mol. The highest BCUT2D eigenvalue weighted by molar-refractivity contribution is 6.30. The Bertz CT molecular complexity index is 2020. The summed E-state index contributed by atoms with van der Waals surface area (Å²) in [5, 5.41) is 0. The molecule has 0 bridgehead atoms. The van der Waals surface area contributed by atoms with E-state index in [2.05, 4.69) is 68.6 Å². The van der Waals surface area contributed by atoms with Gasteiger partial charge in [-0.2, -0.15) is 0 Å². The third-order valence-corrected chi connectivity index (χ3v) is 10.4. The third kappa shape index (κ3) is 19.2. The van der Waals surface area contributed by atoms with Crippen LogP contribution in [0.3, 0.4) is 0 Å². The molecule has 0 saturated carbocycles. The molecule has 0 aliphatic carbocycles. The molecule has 65 heavy (non-hydrogen) atoms. The summed E-state index contributed by atoms with van der Waals surface area (Å²) in [5.74, 6) is -6.22. The zero-order chi connectivity index (χ0) is 47.6. The molecule has 0 fully saturated rings. The van der Waals surface area contributed by atoms with Crippen molar-refractivity contribution in [2.45, 2.75) is 105 Å². The Kier molecular flexibility index (Phi) is 23.3. The number of carbonyl (C=O) groups is 6. The summed E-state index contributed by atoms with van der Waals surface area (Å²) in [7, 11) is 0. The van der Waals surface area contributed by atoms with Crippen molar-refractivity contribution in [1.82, 2.24) is 0 Å². The largest absolute Gasteiger partial charge is 0.492 e. The summed E-state index contributed by atoms with van der Waals surface area (Å²) >= 11 is 0. The van der Waals surface area contributed by atoms with Gasteiger partial charge in [0, 0.05) is 11.1 Å². The molecular weight excluding hydrogens is 833 g/mol. The van der Waals surface area contributed by atoms with E-state index in [1.54, 1.807) is 13.0 Å². The van der Waals surface area contributed by atoms with Crippen LogP contribution in [-0.4, -0.2) is 82.1 Å². The van der Waals surface area contributed by atoms with Gasteiger partial charge in [0.05, 0.1) is 19.8 Å². The number of unbranched alkanes of at least 4 members (excludes halogenated alkanes) is 5. The topological polar surface area (TPSA) is 167 Å². The predicted molar refractivity (Wildman–Crippen MR) is 246 cm³/mol. The first-order valence-corrected chi connectivity index (χ1v) is 22.5. The fourth-order valence-corrected chi connectivity index (χ4v) is 6.54. The number of aryl methyl sites for hydroxylation is 4. The van der Waals surface area contributed by atoms with Crippen LogP contribution in [0.4, 0.5) is 0 Å². The lowest BCUT2D eigenvalue weighted by Gasteiger charge is -2.32. The molecule has 352 valence electrons. The van der Waals surface area contributed by atoms with Gasteiger partial charge in [0.25, 0.3) is 0 Å². The quantitative estimate of drug-likeness (QED) is 0.0223. The number of esters is 6. The minimum Gasteiger partial charge on any atom is -0.492 e. The lowest BCUT2D eigenvalue weighted by Crippen LogP contribution is -2.45. The molecule has 3 rings (SSSR count). The predicted octanol–water partition coefficient (Wildman–Crippen LogP) is 8.79. The van der Waals surface area contributed by atoms with Crippen LogP contribution < -0.4 is 4.74 Å². The number of benzene rings is 3. The van der Waals surface area contributed by atoms with Crippen LogP contribution in [0.25, 0.3) is 11.1 Å². The van der Waals surface area contributed by atoms with Crippen LogP contribution in [0.1, 0.15) is 102 Å². The first-order chi connectivity index (χ1) is 31.2. The molecule has 0 unspecified atom stereocenters. The standard InChI is InChI=1S/C52H66O13/c1-8-11-12-13-14-15-17-39-19-21-40(22-20-39)23-24-41-25-27-42(28-26-41)43-29-30-45(44(32-43)18-16-31-61-46(53)37(4)5)62-33-52(34-63-47(54)38(6)7,35-64-50(57)48(55)59-9-2)36-65-51(58)49(56)60-10-3/h19-22,25-30,32H,4,6,8-18,23-24,31,33-36H2,1-3,5,7H3. The fraction of sp³-hybridized carbons (Fsp3) is 0.462. The second kappa shape index (κ2) is 28.5. The second-order valence-corrected chi connectivity index (χ2v) is 16.1. The molecule has 13 heteroatoms. The summed E-state index contributed by atoms with van der Waals surface area (Å²) in [6.45, 7) is 13.0. The molecule has 0 atom stereocenters. The van der Waals surface area contributed by atoms with Gasteiger partial charge in [-0.05, 0) is 112 Å². The van der Waals surface area contributed by atoms with E-state index in [9.17, 15) is 28.8 Å². The van der Waals surface area contributed by atoms with E-state index < -0.39 is 67.7 Å². The zero-order valence-electron chi connectivity index (χ0n) is 38.8. The van der Waals surface area contributed by atoms with Crippen molar-refractivity contribution in [3.8, 4) is 16.9 Å². The van der Waals surface area contributed by atoms with E-state index in [1.807, 2.05) is 12.1 Å². The Morgan fingerprint density at radius 1 is 0.462 bits per heavy atom. The molecule has 0 aliphatic heterocycles. The first kappa shape index (κ1) is 53.1. The second-order valence-electron chi connectivity index (χ2n) is 16.1. The number of hydrogen-bond acceptors (Lipinski definition) is 13. The van der Waals surface area contributed by atoms with E-state index in [1.165, 1.54) is 76.0 Å². The number of ether oxygens (including phenoxy) is 7. The van der Waals surface area contributed by atoms with E-state index in [0.29, 0.717) is 24.2 Å². The maximum absolute atomic E-state index is 12.6. The fourth-order valence-electron chi connectivity index (χ4n) is 6.54. The van der Waals surface area contributed by atoms with Crippen LogP contribution in [0.5, 0.6) is 5.75 Å². The first-order valence-electron chi connectivity index (χ1n) is 22.5. The summed E-state index contributed by atoms with van der Waals surface area (Å²) in [6.07, 6.45) is 11.4. The van der Waals surface area contributed by atoms with Gasteiger partial charge in [0.15, 0.2) is 0 Å². The molecule has 0 heterocycles. The number of hydrogen-bond donors (Lipinski definition) is 0. The van der Waals surface area contributed by atoms with Crippen LogP contribution in [-0.2, 0) is 82.9 Å². The Morgan fingerprint density at radius 3 is 1.43 bits per heavy atom. The maximum Gasteiger partial charge on any atom is 0.417 e.